The van der Waals surface area contributed by atoms with Crippen LogP contribution in [-0.2, 0) is 6.42 Å². The largest absolute Gasteiger partial charge is 0.365 e. The maximum Gasteiger partial charge on any atom is 0.258 e. The Balaban J connectivity index is 1.44. The summed E-state index contributed by atoms with van der Waals surface area (Å²) >= 11 is 1.52. The van der Waals surface area contributed by atoms with Gasteiger partial charge in [-0.05, 0) is 37.1 Å². The van der Waals surface area contributed by atoms with Gasteiger partial charge in [0.05, 0.1) is 4.88 Å². The van der Waals surface area contributed by atoms with Gasteiger partial charge >= 0.3 is 0 Å². The quantitative estimate of drug-likeness (QED) is 0.830. The molecule has 2 heterocycles. The second-order valence-corrected chi connectivity index (χ2v) is 6.32. The molecule has 20 heavy (non-hydrogen) atoms. The predicted molar refractivity (Wildman–Crippen MR) is 81.9 cm³/mol. The van der Waals surface area contributed by atoms with Crippen molar-refractivity contribution in [3.63, 3.8) is 0 Å². The van der Waals surface area contributed by atoms with E-state index in [0.29, 0.717) is 10.9 Å². The lowest BCUT2D eigenvalue weighted by molar-refractivity contribution is 0.100. The topological polar surface area (TPSA) is 46.1 Å². The number of aryl methyl sites for hydroxylation is 1. The highest BCUT2D eigenvalue weighted by Gasteiger charge is 2.34. The first kappa shape index (κ1) is 13.3. The van der Waals surface area contributed by atoms with Crippen LogP contribution in [0.15, 0.2) is 42.5 Å². The molecule has 104 valence electrons. The number of hydrogen-bond donors (Lipinski definition) is 1. The molecule has 1 aromatic carbocycles. The molecule has 3 rings (SSSR count). The summed E-state index contributed by atoms with van der Waals surface area (Å²) in [5.74, 6) is -0.323. The van der Waals surface area contributed by atoms with E-state index in [2.05, 4.69) is 35.2 Å². The molecule has 1 amide bonds. The molecule has 1 aliphatic heterocycles. The Kier molecular flexibility index (Phi) is 3.85. The van der Waals surface area contributed by atoms with Gasteiger partial charge in [-0.25, -0.2) is 0 Å². The highest BCUT2D eigenvalue weighted by Crippen LogP contribution is 2.34. The lowest BCUT2D eigenvalue weighted by Crippen LogP contribution is -2.08. The van der Waals surface area contributed by atoms with Crippen molar-refractivity contribution in [3.8, 4) is 0 Å². The average Bonchev–Trinajstić information content (AvgIpc) is 3.07. The van der Waals surface area contributed by atoms with E-state index in [1.165, 1.54) is 28.3 Å². The smallest absolute Gasteiger partial charge is 0.258 e. The number of primary amides is 1. The summed E-state index contributed by atoms with van der Waals surface area (Å²) in [6.07, 6.45) is 2.15. The summed E-state index contributed by atoms with van der Waals surface area (Å²) in [7, 11) is 0. The van der Waals surface area contributed by atoms with E-state index in [1.54, 1.807) is 0 Å². The number of amides is 1. The molecule has 2 aromatic rings. The molecule has 3 nitrogen and oxygen atoms in total. The van der Waals surface area contributed by atoms with Crippen LogP contribution in [0.5, 0.6) is 0 Å². The first-order chi connectivity index (χ1) is 9.74. The van der Waals surface area contributed by atoms with Gasteiger partial charge in [0.1, 0.15) is 0 Å². The number of benzene rings is 1. The lowest BCUT2D eigenvalue weighted by atomic mass is 10.2. The van der Waals surface area contributed by atoms with Crippen LogP contribution < -0.4 is 5.73 Å². The second-order valence-electron chi connectivity index (χ2n) is 5.16. The zero-order chi connectivity index (χ0) is 13.9. The Hall–Kier alpha value is -1.65. The Morgan fingerprint density at radius 1 is 1.25 bits per heavy atom. The third kappa shape index (κ3) is 3.08. The van der Waals surface area contributed by atoms with Crippen molar-refractivity contribution in [2.75, 3.05) is 13.1 Å². The van der Waals surface area contributed by atoms with Crippen LogP contribution in [0.3, 0.4) is 0 Å². The Bertz CT molecular complexity index is 594. The average molecular weight is 286 g/mol. The predicted octanol–water partition coefficient (Wildman–Crippen LogP) is 2.84. The molecule has 0 spiro atoms. The van der Waals surface area contributed by atoms with Gasteiger partial charge in [-0.1, -0.05) is 30.3 Å². The number of nitrogens with two attached hydrogens (primary N) is 1. The third-order valence-electron chi connectivity index (χ3n) is 3.67. The maximum atomic E-state index is 11.0. The fourth-order valence-electron chi connectivity index (χ4n) is 2.51. The Labute approximate surface area is 123 Å². The fraction of sp³-hybridized carbons (Fsp3) is 0.312. The standard InChI is InChI=1S/C16H18N2OS/c17-16(19)15-9-8-13(20-15)7-4-10-18-11-14(18)12-5-2-1-3-6-12/h1-3,5-6,8-9,14H,4,7,10-11H2,(H2,17,19)/t14-,18?/m0/s1. The molecular weight excluding hydrogens is 268 g/mol. The van der Waals surface area contributed by atoms with E-state index in [-0.39, 0.29) is 5.91 Å². The van der Waals surface area contributed by atoms with Crippen molar-refractivity contribution in [2.24, 2.45) is 5.73 Å². The molecule has 0 radical (unpaired) electrons. The summed E-state index contributed by atoms with van der Waals surface area (Å²) in [6, 6.07) is 15.1. The fourth-order valence-corrected chi connectivity index (χ4v) is 3.42. The SMILES string of the molecule is NC(=O)c1ccc(CCCN2C[C@H]2c2ccccc2)s1. The molecule has 2 N–H and O–H groups in total. The summed E-state index contributed by atoms with van der Waals surface area (Å²) in [5.41, 5.74) is 6.68. The molecule has 0 bridgehead atoms. The van der Waals surface area contributed by atoms with Crippen molar-refractivity contribution < 1.29 is 4.79 Å². The van der Waals surface area contributed by atoms with Gasteiger partial charge in [-0.3, -0.25) is 9.69 Å². The molecule has 0 aliphatic carbocycles. The number of hydrogen-bond acceptors (Lipinski definition) is 3. The van der Waals surface area contributed by atoms with Gasteiger partial charge in [0, 0.05) is 17.5 Å². The number of nitrogens with zero attached hydrogens (tertiary/aromatic N) is 1. The van der Waals surface area contributed by atoms with E-state index < -0.39 is 0 Å². The molecular formula is C16H18N2OS. The minimum Gasteiger partial charge on any atom is -0.365 e. The highest BCUT2D eigenvalue weighted by atomic mass is 32.1. The van der Waals surface area contributed by atoms with Crippen LogP contribution in [0.25, 0.3) is 0 Å². The molecule has 0 saturated carbocycles. The van der Waals surface area contributed by atoms with E-state index in [4.69, 9.17) is 5.73 Å². The molecule has 1 unspecified atom stereocenters. The van der Waals surface area contributed by atoms with Crippen LogP contribution in [0.4, 0.5) is 0 Å². The Morgan fingerprint density at radius 2 is 2.05 bits per heavy atom. The van der Waals surface area contributed by atoms with Gasteiger partial charge < -0.3 is 5.73 Å². The van der Waals surface area contributed by atoms with Crippen molar-refractivity contribution in [1.29, 1.82) is 0 Å². The van der Waals surface area contributed by atoms with Gasteiger partial charge in [0.25, 0.3) is 5.91 Å². The lowest BCUT2D eigenvalue weighted by Gasteiger charge is -2.03. The van der Waals surface area contributed by atoms with Gasteiger partial charge in [-0.15, -0.1) is 11.3 Å². The summed E-state index contributed by atoms with van der Waals surface area (Å²) < 4.78 is 0. The van der Waals surface area contributed by atoms with Crippen molar-refractivity contribution >= 4 is 17.2 Å². The second kappa shape index (κ2) is 5.77. The molecule has 1 aliphatic rings. The third-order valence-corrected chi connectivity index (χ3v) is 4.83. The molecule has 1 fully saturated rings. The van der Waals surface area contributed by atoms with E-state index in [0.717, 1.165) is 19.4 Å². The molecule has 1 aromatic heterocycles. The number of carbonyl (C=O) groups excluding carboxylic acids is 1. The summed E-state index contributed by atoms with van der Waals surface area (Å²) in [4.78, 5) is 15.4. The van der Waals surface area contributed by atoms with E-state index in [1.807, 2.05) is 12.1 Å². The van der Waals surface area contributed by atoms with Crippen molar-refractivity contribution in [1.82, 2.24) is 4.90 Å². The molecule has 1 saturated heterocycles. The first-order valence-electron chi connectivity index (χ1n) is 6.91. The molecule has 4 heteroatoms. The van der Waals surface area contributed by atoms with E-state index in [9.17, 15) is 4.79 Å². The summed E-state index contributed by atoms with van der Waals surface area (Å²) in [5, 5.41) is 0. The Morgan fingerprint density at radius 3 is 2.75 bits per heavy atom. The zero-order valence-corrected chi connectivity index (χ0v) is 12.1. The van der Waals surface area contributed by atoms with Crippen LogP contribution in [0.1, 0.15) is 32.6 Å². The van der Waals surface area contributed by atoms with Crippen LogP contribution in [0.2, 0.25) is 0 Å². The number of carbonyl (C=O) groups is 1. The van der Waals surface area contributed by atoms with Crippen molar-refractivity contribution in [3.05, 3.63) is 57.8 Å². The maximum absolute atomic E-state index is 11.0. The molecule has 2 atom stereocenters. The number of thiophene rings is 1. The minimum atomic E-state index is -0.323. The van der Waals surface area contributed by atoms with Crippen LogP contribution in [-0.4, -0.2) is 23.9 Å². The normalized spacial score (nSPS) is 20.8. The van der Waals surface area contributed by atoms with Crippen LogP contribution >= 0.6 is 11.3 Å². The zero-order valence-electron chi connectivity index (χ0n) is 11.3. The van der Waals surface area contributed by atoms with Gasteiger partial charge in [0.15, 0.2) is 0 Å². The highest BCUT2D eigenvalue weighted by molar-refractivity contribution is 7.14. The number of rotatable bonds is 6. The van der Waals surface area contributed by atoms with Gasteiger partial charge in [-0.2, -0.15) is 0 Å². The first-order valence-corrected chi connectivity index (χ1v) is 7.73. The monoisotopic (exact) mass is 286 g/mol. The summed E-state index contributed by atoms with van der Waals surface area (Å²) in [6.45, 7) is 2.28. The minimum absolute atomic E-state index is 0.323. The van der Waals surface area contributed by atoms with E-state index >= 15 is 0 Å². The van der Waals surface area contributed by atoms with Crippen molar-refractivity contribution in [2.45, 2.75) is 18.9 Å². The van der Waals surface area contributed by atoms with Crippen LogP contribution in [0, 0.1) is 0 Å². The van der Waals surface area contributed by atoms with Gasteiger partial charge in [0.2, 0.25) is 0 Å².